The molecule has 0 saturated carbocycles. The van der Waals surface area contributed by atoms with Crippen LogP contribution in [0.3, 0.4) is 0 Å². The highest BCUT2D eigenvalue weighted by Crippen LogP contribution is 2.17. The molecule has 0 atom stereocenters. The minimum Gasteiger partial charge on any atom is -0.390 e. The fourth-order valence-corrected chi connectivity index (χ4v) is 2.46. The van der Waals surface area contributed by atoms with Crippen molar-refractivity contribution in [3.05, 3.63) is 33.8 Å². The lowest BCUT2D eigenvalue weighted by Gasteiger charge is -2.08. The van der Waals surface area contributed by atoms with Gasteiger partial charge in [-0.15, -0.1) is 16.4 Å². The van der Waals surface area contributed by atoms with Crippen molar-refractivity contribution in [2.75, 3.05) is 0 Å². The number of aliphatic hydroxyl groups is 1. The minimum absolute atomic E-state index is 0.0429. The summed E-state index contributed by atoms with van der Waals surface area (Å²) in [7, 11) is 0. The van der Waals surface area contributed by atoms with Crippen molar-refractivity contribution in [2.45, 2.75) is 33.4 Å². The van der Waals surface area contributed by atoms with Crippen molar-refractivity contribution in [2.24, 2.45) is 5.92 Å². The quantitative estimate of drug-likeness (QED) is 0.885. The molecule has 0 saturated heterocycles. The van der Waals surface area contributed by atoms with E-state index in [9.17, 15) is 5.11 Å². The van der Waals surface area contributed by atoms with Crippen LogP contribution >= 0.6 is 11.3 Å². The Morgan fingerprint density at radius 1 is 1.47 bits per heavy atom. The maximum absolute atomic E-state index is 9.28. The third kappa shape index (κ3) is 2.92. The summed E-state index contributed by atoms with van der Waals surface area (Å²) in [5, 5.41) is 19.5. The summed E-state index contributed by atoms with van der Waals surface area (Å²) in [4.78, 5) is 1.27. The first-order valence-electron chi connectivity index (χ1n) is 5.75. The topological polar surface area (TPSA) is 50.9 Å². The van der Waals surface area contributed by atoms with Gasteiger partial charge in [-0.1, -0.05) is 25.1 Å². The van der Waals surface area contributed by atoms with Gasteiger partial charge in [0.2, 0.25) is 0 Å². The molecule has 2 rings (SSSR count). The summed E-state index contributed by atoms with van der Waals surface area (Å²) in [5.41, 5.74) is 1.72. The van der Waals surface area contributed by atoms with Crippen LogP contribution in [0.2, 0.25) is 0 Å². The van der Waals surface area contributed by atoms with Crippen LogP contribution in [-0.2, 0) is 19.6 Å². The van der Waals surface area contributed by atoms with E-state index in [0.29, 0.717) is 11.6 Å². The standard InChI is InChI=1S/C12H17N3OS/c1-9(2)7-15-12(11(8-16)13-14-15)6-10-4-3-5-17-10/h3-5,9,16H,6-8H2,1-2H3. The van der Waals surface area contributed by atoms with Gasteiger partial charge < -0.3 is 5.11 Å². The normalized spacial score (nSPS) is 11.3. The third-order valence-electron chi connectivity index (χ3n) is 2.53. The van der Waals surface area contributed by atoms with Gasteiger partial charge in [0.05, 0.1) is 12.3 Å². The SMILES string of the molecule is CC(C)Cn1nnc(CO)c1Cc1cccs1. The van der Waals surface area contributed by atoms with E-state index >= 15 is 0 Å². The third-order valence-corrected chi connectivity index (χ3v) is 3.40. The molecule has 2 aromatic heterocycles. The van der Waals surface area contributed by atoms with Gasteiger partial charge in [-0.2, -0.15) is 0 Å². The van der Waals surface area contributed by atoms with E-state index in [0.717, 1.165) is 18.7 Å². The van der Waals surface area contributed by atoms with Gasteiger partial charge >= 0.3 is 0 Å². The number of aliphatic hydroxyl groups excluding tert-OH is 1. The number of nitrogens with zero attached hydrogens (tertiary/aromatic N) is 3. The van der Waals surface area contributed by atoms with Gasteiger partial charge in [0.15, 0.2) is 0 Å². The highest BCUT2D eigenvalue weighted by atomic mass is 32.1. The van der Waals surface area contributed by atoms with Crippen molar-refractivity contribution in [1.82, 2.24) is 15.0 Å². The Hall–Kier alpha value is -1.20. The number of thiophene rings is 1. The summed E-state index contributed by atoms with van der Waals surface area (Å²) in [5.74, 6) is 0.519. The first kappa shape index (κ1) is 12.3. The Kier molecular flexibility index (Phi) is 3.91. The molecule has 0 spiro atoms. The first-order valence-corrected chi connectivity index (χ1v) is 6.63. The molecule has 0 bridgehead atoms. The van der Waals surface area contributed by atoms with Crippen molar-refractivity contribution in [3.63, 3.8) is 0 Å². The monoisotopic (exact) mass is 251 g/mol. The molecule has 0 fully saturated rings. The zero-order chi connectivity index (χ0) is 12.3. The predicted molar refractivity (Wildman–Crippen MR) is 67.9 cm³/mol. The van der Waals surface area contributed by atoms with E-state index < -0.39 is 0 Å². The molecule has 2 aromatic rings. The molecule has 0 amide bonds. The summed E-state index contributed by atoms with van der Waals surface area (Å²) < 4.78 is 1.91. The van der Waals surface area contributed by atoms with E-state index in [-0.39, 0.29) is 6.61 Å². The van der Waals surface area contributed by atoms with Crippen LogP contribution in [0.4, 0.5) is 0 Å². The molecule has 0 aliphatic heterocycles. The molecule has 17 heavy (non-hydrogen) atoms. The van der Waals surface area contributed by atoms with Crippen LogP contribution < -0.4 is 0 Å². The Morgan fingerprint density at radius 2 is 2.29 bits per heavy atom. The van der Waals surface area contributed by atoms with E-state index in [4.69, 9.17) is 0 Å². The van der Waals surface area contributed by atoms with Gasteiger partial charge in [0.25, 0.3) is 0 Å². The summed E-state index contributed by atoms with van der Waals surface area (Å²) >= 11 is 1.72. The smallest absolute Gasteiger partial charge is 0.112 e. The van der Waals surface area contributed by atoms with Crippen molar-refractivity contribution >= 4 is 11.3 Å². The molecule has 0 aliphatic rings. The van der Waals surface area contributed by atoms with E-state index in [1.54, 1.807) is 11.3 Å². The molecular weight excluding hydrogens is 234 g/mol. The number of hydrogen-bond donors (Lipinski definition) is 1. The van der Waals surface area contributed by atoms with Crippen LogP contribution in [0.25, 0.3) is 0 Å². The van der Waals surface area contributed by atoms with Gasteiger partial charge in [0, 0.05) is 17.8 Å². The summed E-state index contributed by atoms with van der Waals surface area (Å²) in [6.07, 6.45) is 0.799. The average molecular weight is 251 g/mol. The summed E-state index contributed by atoms with van der Waals surface area (Å²) in [6.45, 7) is 5.09. The van der Waals surface area contributed by atoms with Crippen LogP contribution in [0.1, 0.15) is 30.1 Å². The highest BCUT2D eigenvalue weighted by Gasteiger charge is 2.13. The minimum atomic E-state index is -0.0429. The Bertz CT molecular complexity index is 462. The second-order valence-corrected chi connectivity index (χ2v) is 5.51. The van der Waals surface area contributed by atoms with Crippen molar-refractivity contribution in [1.29, 1.82) is 0 Å². The molecule has 2 heterocycles. The van der Waals surface area contributed by atoms with Gasteiger partial charge in [-0.05, 0) is 17.4 Å². The predicted octanol–water partition coefficient (Wildman–Crippen LogP) is 2.08. The van der Waals surface area contributed by atoms with Crippen molar-refractivity contribution in [3.8, 4) is 0 Å². The zero-order valence-electron chi connectivity index (χ0n) is 10.1. The number of rotatable bonds is 5. The largest absolute Gasteiger partial charge is 0.390 e. The maximum atomic E-state index is 9.28. The van der Waals surface area contributed by atoms with E-state index in [1.807, 2.05) is 10.7 Å². The molecule has 0 radical (unpaired) electrons. The van der Waals surface area contributed by atoms with Crippen LogP contribution in [-0.4, -0.2) is 20.1 Å². The second kappa shape index (κ2) is 5.42. The van der Waals surface area contributed by atoms with Crippen LogP contribution in [0.5, 0.6) is 0 Å². The lowest BCUT2D eigenvalue weighted by atomic mass is 10.2. The first-order chi connectivity index (χ1) is 8.20. The second-order valence-electron chi connectivity index (χ2n) is 4.47. The van der Waals surface area contributed by atoms with E-state index in [1.165, 1.54) is 4.88 Å². The van der Waals surface area contributed by atoms with Gasteiger partial charge in [0.1, 0.15) is 5.69 Å². The maximum Gasteiger partial charge on any atom is 0.112 e. The molecule has 0 unspecified atom stereocenters. The molecule has 92 valence electrons. The lowest BCUT2D eigenvalue weighted by Crippen LogP contribution is -2.10. The fraction of sp³-hybridized carbons (Fsp3) is 0.500. The Balaban J connectivity index is 2.25. The summed E-state index contributed by atoms with van der Waals surface area (Å²) in [6, 6.07) is 4.13. The zero-order valence-corrected chi connectivity index (χ0v) is 10.9. The number of hydrogen-bond acceptors (Lipinski definition) is 4. The van der Waals surface area contributed by atoms with E-state index in [2.05, 4.69) is 35.6 Å². The van der Waals surface area contributed by atoms with Crippen LogP contribution in [0, 0.1) is 5.92 Å². The molecule has 0 aromatic carbocycles. The van der Waals surface area contributed by atoms with Crippen molar-refractivity contribution < 1.29 is 5.11 Å². The highest BCUT2D eigenvalue weighted by molar-refractivity contribution is 7.09. The molecule has 4 nitrogen and oxygen atoms in total. The molecule has 5 heteroatoms. The fourth-order valence-electron chi connectivity index (χ4n) is 1.76. The lowest BCUT2D eigenvalue weighted by molar-refractivity contribution is 0.275. The number of aromatic nitrogens is 3. The van der Waals surface area contributed by atoms with Crippen LogP contribution in [0.15, 0.2) is 17.5 Å². The Morgan fingerprint density at radius 3 is 2.88 bits per heavy atom. The van der Waals surface area contributed by atoms with Gasteiger partial charge in [-0.3, -0.25) is 0 Å². The van der Waals surface area contributed by atoms with Gasteiger partial charge in [-0.25, -0.2) is 4.68 Å². The average Bonchev–Trinajstić information content (AvgIpc) is 2.90. The molecule has 0 aliphatic carbocycles. The molecular formula is C12H17N3OS. The Labute approximate surface area is 105 Å². The molecule has 1 N–H and O–H groups in total.